The maximum atomic E-state index is 13.3. The van der Waals surface area contributed by atoms with E-state index in [1.165, 1.54) is 0 Å². The second-order valence-electron chi connectivity index (χ2n) is 8.18. The highest BCUT2D eigenvalue weighted by molar-refractivity contribution is 9.10. The topological polar surface area (TPSA) is 69.7 Å². The first-order valence-electron chi connectivity index (χ1n) is 10.6. The quantitative estimate of drug-likeness (QED) is 0.482. The van der Waals surface area contributed by atoms with Crippen molar-refractivity contribution in [3.05, 3.63) is 106 Å². The van der Waals surface area contributed by atoms with Crippen molar-refractivity contribution in [1.29, 1.82) is 0 Å². The minimum absolute atomic E-state index is 0.301. The number of hydrogen-bond donors (Lipinski definition) is 1. The molecule has 4 rings (SSSR count). The minimum Gasteiger partial charge on any atom is -0.332 e. The van der Waals surface area contributed by atoms with E-state index in [0.717, 1.165) is 20.5 Å². The fourth-order valence-electron chi connectivity index (χ4n) is 3.91. The lowest BCUT2D eigenvalue weighted by molar-refractivity contribution is -0.139. The van der Waals surface area contributed by atoms with Crippen LogP contribution in [-0.4, -0.2) is 34.2 Å². The van der Waals surface area contributed by atoms with Crippen molar-refractivity contribution < 1.29 is 14.4 Å². The van der Waals surface area contributed by atoms with Crippen molar-refractivity contribution in [2.75, 3.05) is 6.54 Å². The molecule has 0 aromatic heterocycles. The van der Waals surface area contributed by atoms with Gasteiger partial charge in [-0.05, 0) is 35.7 Å². The maximum Gasteiger partial charge on any atom is 0.325 e. The SMILES string of the molecule is C[C@@]1(c2cccc(Br)c2)NC(=O)N(CC(=O)N(Cc2ccccc2)Cc2ccccc2)C1=O. The van der Waals surface area contributed by atoms with E-state index in [-0.39, 0.29) is 12.5 Å². The fraction of sp³-hybridized carbons (Fsp3) is 0.192. The second kappa shape index (κ2) is 9.58. The molecule has 0 radical (unpaired) electrons. The number of carbonyl (C=O) groups excluding carboxylic acids is 3. The van der Waals surface area contributed by atoms with E-state index < -0.39 is 17.5 Å². The number of amides is 4. The monoisotopic (exact) mass is 505 g/mol. The van der Waals surface area contributed by atoms with Crippen LogP contribution in [0, 0.1) is 0 Å². The third kappa shape index (κ3) is 4.98. The first kappa shape index (κ1) is 22.7. The molecule has 3 aromatic carbocycles. The summed E-state index contributed by atoms with van der Waals surface area (Å²) in [5.74, 6) is -0.747. The molecule has 6 nitrogen and oxygen atoms in total. The van der Waals surface area contributed by atoms with Gasteiger partial charge >= 0.3 is 6.03 Å². The summed E-state index contributed by atoms with van der Waals surface area (Å²) in [7, 11) is 0. The van der Waals surface area contributed by atoms with Gasteiger partial charge in [0.2, 0.25) is 5.91 Å². The van der Waals surface area contributed by atoms with E-state index >= 15 is 0 Å². The Labute approximate surface area is 201 Å². The van der Waals surface area contributed by atoms with Crippen LogP contribution >= 0.6 is 15.9 Å². The van der Waals surface area contributed by atoms with Gasteiger partial charge in [0.1, 0.15) is 12.1 Å². The van der Waals surface area contributed by atoms with Gasteiger partial charge < -0.3 is 10.2 Å². The Hall–Kier alpha value is -3.45. The van der Waals surface area contributed by atoms with Crippen molar-refractivity contribution in [2.45, 2.75) is 25.6 Å². The standard InChI is InChI=1S/C26H24BrN3O3/c1-26(21-13-8-14-22(27)15-21)24(32)30(25(33)28-26)18-23(31)29(16-19-9-4-2-5-10-19)17-20-11-6-3-7-12-20/h2-15H,16-18H2,1H3,(H,28,33)/t26-/m0/s1. The first-order valence-corrected chi connectivity index (χ1v) is 11.4. The normalized spacial score (nSPS) is 17.7. The summed E-state index contributed by atoms with van der Waals surface area (Å²) < 4.78 is 0.801. The average molecular weight is 506 g/mol. The van der Waals surface area contributed by atoms with Crippen LogP contribution in [-0.2, 0) is 28.2 Å². The van der Waals surface area contributed by atoms with Gasteiger partial charge in [0.15, 0.2) is 0 Å². The third-order valence-corrected chi connectivity index (χ3v) is 6.25. The molecule has 1 atom stereocenters. The minimum atomic E-state index is -1.23. The summed E-state index contributed by atoms with van der Waals surface area (Å²) in [6, 6.07) is 26.0. The molecule has 0 spiro atoms. The molecule has 3 aromatic rings. The molecule has 0 aliphatic carbocycles. The summed E-state index contributed by atoms with van der Waals surface area (Å²) in [6.07, 6.45) is 0. The van der Waals surface area contributed by atoms with Crippen molar-refractivity contribution in [2.24, 2.45) is 0 Å². The number of nitrogens with zero attached hydrogens (tertiary/aromatic N) is 2. The molecule has 0 unspecified atom stereocenters. The average Bonchev–Trinajstić information content (AvgIpc) is 3.04. The molecule has 0 saturated carbocycles. The number of rotatable bonds is 7. The number of carbonyl (C=O) groups is 3. The van der Waals surface area contributed by atoms with Crippen molar-refractivity contribution in [3.8, 4) is 0 Å². The highest BCUT2D eigenvalue weighted by atomic mass is 79.9. The zero-order valence-electron chi connectivity index (χ0n) is 18.2. The number of imide groups is 1. The number of halogens is 1. The van der Waals surface area contributed by atoms with E-state index in [4.69, 9.17) is 0 Å². The summed E-state index contributed by atoms with van der Waals surface area (Å²) in [5.41, 5.74) is 1.36. The first-order chi connectivity index (χ1) is 15.9. The molecule has 33 heavy (non-hydrogen) atoms. The predicted molar refractivity (Wildman–Crippen MR) is 129 cm³/mol. The molecule has 1 saturated heterocycles. The molecule has 1 N–H and O–H groups in total. The van der Waals surface area contributed by atoms with Crippen LogP contribution in [0.3, 0.4) is 0 Å². The smallest absolute Gasteiger partial charge is 0.325 e. The Bertz CT molecular complexity index is 1130. The van der Waals surface area contributed by atoms with Crippen LogP contribution in [0.2, 0.25) is 0 Å². The van der Waals surface area contributed by atoms with Crippen molar-refractivity contribution >= 4 is 33.8 Å². The molecule has 1 fully saturated rings. The summed E-state index contributed by atoms with van der Waals surface area (Å²) in [5, 5.41) is 2.76. The molecule has 168 valence electrons. The van der Waals surface area contributed by atoms with E-state index in [1.54, 1.807) is 30.0 Å². The number of urea groups is 1. The third-order valence-electron chi connectivity index (χ3n) is 5.76. The lowest BCUT2D eigenvalue weighted by atomic mass is 9.92. The van der Waals surface area contributed by atoms with Crippen LogP contribution in [0.1, 0.15) is 23.6 Å². The highest BCUT2D eigenvalue weighted by Gasteiger charge is 2.49. The zero-order valence-corrected chi connectivity index (χ0v) is 19.8. The highest BCUT2D eigenvalue weighted by Crippen LogP contribution is 2.30. The fourth-order valence-corrected chi connectivity index (χ4v) is 4.31. The number of benzene rings is 3. The molecule has 0 bridgehead atoms. The molecule has 1 aliphatic heterocycles. The van der Waals surface area contributed by atoms with E-state index in [9.17, 15) is 14.4 Å². The lowest BCUT2D eigenvalue weighted by Gasteiger charge is -2.26. The molecule has 1 aliphatic rings. The maximum absolute atomic E-state index is 13.3. The van der Waals surface area contributed by atoms with Crippen molar-refractivity contribution in [3.63, 3.8) is 0 Å². The number of nitrogens with one attached hydrogen (secondary N) is 1. The van der Waals surface area contributed by atoms with E-state index in [0.29, 0.717) is 18.7 Å². The van der Waals surface area contributed by atoms with Gasteiger partial charge in [-0.2, -0.15) is 0 Å². The van der Waals surface area contributed by atoms with Crippen LogP contribution in [0.4, 0.5) is 4.79 Å². The van der Waals surface area contributed by atoms with Crippen LogP contribution in [0.5, 0.6) is 0 Å². The van der Waals surface area contributed by atoms with Crippen LogP contribution in [0.25, 0.3) is 0 Å². The summed E-state index contributed by atoms with van der Waals surface area (Å²) in [6.45, 7) is 2.08. The largest absolute Gasteiger partial charge is 0.332 e. The van der Waals surface area contributed by atoms with Gasteiger partial charge in [-0.15, -0.1) is 0 Å². The predicted octanol–water partition coefficient (Wildman–Crippen LogP) is 4.45. The van der Waals surface area contributed by atoms with Gasteiger partial charge in [0.05, 0.1) is 0 Å². The van der Waals surface area contributed by atoms with E-state index in [1.807, 2.05) is 66.7 Å². The Morgan fingerprint density at radius 2 is 1.48 bits per heavy atom. The Balaban J connectivity index is 1.55. The van der Waals surface area contributed by atoms with Crippen molar-refractivity contribution in [1.82, 2.24) is 15.1 Å². The number of hydrogen-bond acceptors (Lipinski definition) is 3. The van der Waals surface area contributed by atoms with Gasteiger partial charge in [-0.1, -0.05) is 88.7 Å². The van der Waals surface area contributed by atoms with Crippen LogP contribution in [0.15, 0.2) is 89.4 Å². The van der Waals surface area contributed by atoms with Gasteiger partial charge in [0, 0.05) is 17.6 Å². The Morgan fingerprint density at radius 3 is 2.03 bits per heavy atom. The van der Waals surface area contributed by atoms with E-state index in [2.05, 4.69) is 21.2 Å². The summed E-state index contributed by atoms with van der Waals surface area (Å²) in [4.78, 5) is 42.0. The van der Waals surface area contributed by atoms with Crippen LogP contribution < -0.4 is 5.32 Å². The molecule has 7 heteroatoms. The molecular formula is C26H24BrN3O3. The van der Waals surface area contributed by atoms with Gasteiger partial charge in [-0.3, -0.25) is 14.5 Å². The zero-order chi connectivity index (χ0) is 23.4. The lowest BCUT2D eigenvalue weighted by Crippen LogP contribution is -2.44. The molecule has 1 heterocycles. The Kier molecular flexibility index (Phi) is 6.60. The van der Waals surface area contributed by atoms with Gasteiger partial charge in [0.25, 0.3) is 5.91 Å². The molecule has 4 amide bonds. The summed E-state index contributed by atoms with van der Waals surface area (Å²) >= 11 is 3.41. The second-order valence-corrected chi connectivity index (χ2v) is 9.09. The Morgan fingerprint density at radius 1 is 0.909 bits per heavy atom. The molecular weight excluding hydrogens is 482 g/mol. The van der Waals surface area contributed by atoms with Gasteiger partial charge in [-0.25, -0.2) is 4.79 Å².